The van der Waals surface area contributed by atoms with Crippen LogP contribution in [-0.4, -0.2) is 11.0 Å². The second kappa shape index (κ2) is 10.9. The summed E-state index contributed by atoms with van der Waals surface area (Å²) in [4.78, 5) is 4.35. The lowest BCUT2D eigenvalue weighted by Crippen LogP contribution is -2.36. The highest BCUT2D eigenvalue weighted by atomic mass is 15.2. The molecule has 0 aromatic carbocycles. The first kappa shape index (κ1) is 16.1. The van der Waals surface area contributed by atoms with E-state index in [9.17, 15) is 0 Å². The maximum atomic E-state index is 5.62. The molecule has 108 valence electrons. The summed E-state index contributed by atoms with van der Waals surface area (Å²) in [6.07, 6.45) is 13.3. The number of aromatic nitrogens is 1. The Hall–Kier alpha value is -0.930. The van der Waals surface area contributed by atoms with Gasteiger partial charge in [-0.15, -0.1) is 0 Å². The zero-order chi connectivity index (χ0) is 13.8. The number of nitrogens with two attached hydrogens (primary N) is 1. The quantitative estimate of drug-likeness (QED) is 0.364. The molecule has 3 heteroatoms. The smallest absolute Gasteiger partial charge is 0.0419 e. The van der Waals surface area contributed by atoms with Gasteiger partial charge in [0, 0.05) is 24.4 Å². The van der Waals surface area contributed by atoms with Gasteiger partial charge < -0.3 is 0 Å². The minimum absolute atomic E-state index is 0.352. The second-order valence-corrected chi connectivity index (χ2v) is 5.30. The van der Waals surface area contributed by atoms with Crippen LogP contribution in [0, 0.1) is 0 Å². The highest BCUT2D eigenvalue weighted by molar-refractivity contribution is 5.05. The summed E-state index contributed by atoms with van der Waals surface area (Å²) in [5.41, 5.74) is 4.04. The van der Waals surface area contributed by atoms with Crippen LogP contribution < -0.4 is 11.3 Å². The molecule has 0 aliphatic heterocycles. The van der Waals surface area contributed by atoms with E-state index in [-0.39, 0.29) is 0 Å². The lowest BCUT2D eigenvalue weighted by Gasteiger charge is -2.15. The number of nitrogens with zero attached hydrogens (tertiary/aromatic N) is 1. The first-order valence-corrected chi connectivity index (χ1v) is 7.72. The van der Waals surface area contributed by atoms with Gasteiger partial charge in [-0.25, -0.2) is 0 Å². The van der Waals surface area contributed by atoms with E-state index in [0.717, 1.165) is 18.5 Å². The SMILES string of the molecule is CCCCCCCCCC(Cc1ccccn1)NN. The number of hydrazine groups is 1. The molecule has 1 aromatic rings. The molecule has 0 spiro atoms. The van der Waals surface area contributed by atoms with Crippen LogP contribution in [-0.2, 0) is 6.42 Å². The summed E-state index contributed by atoms with van der Waals surface area (Å²) < 4.78 is 0. The highest BCUT2D eigenvalue weighted by Crippen LogP contribution is 2.11. The fourth-order valence-corrected chi connectivity index (χ4v) is 2.36. The molecule has 19 heavy (non-hydrogen) atoms. The number of unbranched alkanes of at least 4 members (excludes halogenated alkanes) is 6. The van der Waals surface area contributed by atoms with E-state index in [1.165, 1.54) is 44.9 Å². The fourth-order valence-electron chi connectivity index (χ4n) is 2.36. The Kier molecular flexibility index (Phi) is 9.29. The molecule has 0 aliphatic carbocycles. The van der Waals surface area contributed by atoms with Crippen LogP contribution in [0.2, 0.25) is 0 Å². The monoisotopic (exact) mass is 263 g/mol. The molecule has 3 nitrogen and oxygen atoms in total. The molecule has 1 aromatic heterocycles. The summed E-state index contributed by atoms with van der Waals surface area (Å²) in [5.74, 6) is 5.62. The predicted molar refractivity (Wildman–Crippen MR) is 81.7 cm³/mol. The largest absolute Gasteiger partial charge is 0.271 e. The summed E-state index contributed by atoms with van der Waals surface area (Å²) in [6, 6.07) is 6.40. The van der Waals surface area contributed by atoms with Gasteiger partial charge in [-0.05, 0) is 18.6 Å². The van der Waals surface area contributed by atoms with Gasteiger partial charge in [-0.2, -0.15) is 0 Å². The predicted octanol–water partition coefficient (Wildman–Crippen LogP) is 3.60. The van der Waals surface area contributed by atoms with Gasteiger partial charge in [0.2, 0.25) is 0 Å². The third-order valence-electron chi connectivity index (χ3n) is 3.57. The van der Waals surface area contributed by atoms with Crippen LogP contribution in [0.3, 0.4) is 0 Å². The number of nitrogens with one attached hydrogen (secondary N) is 1. The topological polar surface area (TPSA) is 50.9 Å². The standard InChI is InChI=1S/C16H29N3/c1-2-3-4-5-6-7-8-12-16(19-17)14-15-11-9-10-13-18-15/h9-11,13,16,19H,2-8,12,14,17H2,1H3. The van der Waals surface area contributed by atoms with Gasteiger partial charge in [0.25, 0.3) is 0 Å². The minimum Gasteiger partial charge on any atom is -0.271 e. The van der Waals surface area contributed by atoms with Gasteiger partial charge in [-0.1, -0.05) is 57.9 Å². The van der Waals surface area contributed by atoms with E-state index in [4.69, 9.17) is 5.84 Å². The third-order valence-corrected chi connectivity index (χ3v) is 3.57. The van der Waals surface area contributed by atoms with Crippen LogP contribution in [0.15, 0.2) is 24.4 Å². The lowest BCUT2D eigenvalue weighted by atomic mass is 10.0. The van der Waals surface area contributed by atoms with E-state index in [1.54, 1.807) is 0 Å². The van der Waals surface area contributed by atoms with Crippen LogP contribution in [0.1, 0.15) is 64.0 Å². The molecule has 1 unspecified atom stereocenters. The van der Waals surface area contributed by atoms with Crippen molar-refractivity contribution in [2.45, 2.75) is 70.8 Å². The Bertz CT molecular complexity index is 300. The molecule has 0 aliphatic rings. The van der Waals surface area contributed by atoms with E-state index in [2.05, 4.69) is 23.4 Å². The summed E-state index contributed by atoms with van der Waals surface area (Å²) >= 11 is 0. The van der Waals surface area contributed by atoms with Gasteiger partial charge in [-0.3, -0.25) is 16.3 Å². The zero-order valence-corrected chi connectivity index (χ0v) is 12.3. The van der Waals surface area contributed by atoms with Crippen LogP contribution in [0.5, 0.6) is 0 Å². The van der Waals surface area contributed by atoms with Gasteiger partial charge in [0.05, 0.1) is 0 Å². The fraction of sp³-hybridized carbons (Fsp3) is 0.688. The third kappa shape index (κ3) is 7.96. The molecular weight excluding hydrogens is 234 g/mol. The van der Waals surface area contributed by atoms with Crippen molar-refractivity contribution in [2.24, 2.45) is 5.84 Å². The first-order chi connectivity index (χ1) is 9.36. The van der Waals surface area contributed by atoms with E-state index in [0.29, 0.717) is 6.04 Å². The van der Waals surface area contributed by atoms with E-state index < -0.39 is 0 Å². The van der Waals surface area contributed by atoms with E-state index >= 15 is 0 Å². The molecule has 0 bridgehead atoms. The van der Waals surface area contributed by atoms with Crippen molar-refractivity contribution in [3.8, 4) is 0 Å². The molecule has 3 N–H and O–H groups in total. The molecule has 0 saturated heterocycles. The average Bonchev–Trinajstić information content (AvgIpc) is 2.46. The van der Waals surface area contributed by atoms with Crippen molar-refractivity contribution in [1.29, 1.82) is 0 Å². The summed E-state index contributed by atoms with van der Waals surface area (Å²) in [7, 11) is 0. The molecule has 0 saturated carbocycles. The Labute approximate surface area is 118 Å². The van der Waals surface area contributed by atoms with Gasteiger partial charge in [0.15, 0.2) is 0 Å². The molecule has 0 radical (unpaired) electrons. The number of pyridine rings is 1. The van der Waals surface area contributed by atoms with Crippen molar-refractivity contribution in [1.82, 2.24) is 10.4 Å². The van der Waals surface area contributed by atoms with Crippen LogP contribution in [0.4, 0.5) is 0 Å². The van der Waals surface area contributed by atoms with Crippen molar-refractivity contribution >= 4 is 0 Å². The first-order valence-electron chi connectivity index (χ1n) is 7.72. The molecule has 1 rings (SSSR count). The Morgan fingerprint density at radius 3 is 2.47 bits per heavy atom. The Morgan fingerprint density at radius 1 is 1.11 bits per heavy atom. The van der Waals surface area contributed by atoms with E-state index in [1.807, 2.05) is 18.3 Å². The zero-order valence-electron chi connectivity index (χ0n) is 12.3. The van der Waals surface area contributed by atoms with Crippen molar-refractivity contribution < 1.29 is 0 Å². The Balaban J connectivity index is 2.09. The number of rotatable bonds is 11. The summed E-state index contributed by atoms with van der Waals surface area (Å²) in [6.45, 7) is 2.26. The normalized spacial score (nSPS) is 12.5. The number of hydrogen-bond acceptors (Lipinski definition) is 3. The van der Waals surface area contributed by atoms with Crippen molar-refractivity contribution in [3.05, 3.63) is 30.1 Å². The van der Waals surface area contributed by atoms with Crippen LogP contribution >= 0.6 is 0 Å². The molecular formula is C16H29N3. The van der Waals surface area contributed by atoms with Gasteiger partial charge in [0.1, 0.15) is 0 Å². The average molecular weight is 263 g/mol. The lowest BCUT2D eigenvalue weighted by molar-refractivity contribution is 0.455. The minimum atomic E-state index is 0.352. The molecule has 0 amide bonds. The summed E-state index contributed by atoms with van der Waals surface area (Å²) in [5, 5.41) is 0. The highest BCUT2D eigenvalue weighted by Gasteiger charge is 2.07. The Morgan fingerprint density at radius 2 is 1.84 bits per heavy atom. The maximum Gasteiger partial charge on any atom is 0.0419 e. The van der Waals surface area contributed by atoms with Gasteiger partial charge >= 0.3 is 0 Å². The molecule has 1 heterocycles. The second-order valence-electron chi connectivity index (χ2n) is 5.30. The number of hydrogen-bond donors (Lipinski definition) is 2. The molecule has 1 atom stereocenters. The van der Waals surface area contributed by atoms with Crippen molar-refractivity contribution in [3.63, 3.8) is 0 Å². The van der Waals surface area contributed by atoms with Crippen molar-refractivity contribution in [2.75, 3.05) is 0 Å². The molecule has 0 fully saturated rings. The maximum absolute atomic E-state index is 5.62. The van der Waals surface area contributed by atoms with Crippen LogP contribution in [0.25, 0.3) is 0 Å².